The number of likely N-dealkylation sites (tertiary alicyclic amines) is 1. The van der Waals surface area contributed by atoms with Crippen LogP contribution in [0.2, 0.25) is 0 Å². The summed E-state index contributed by atoms with van der Waals surface area (Å²) < 4.78 is 5.43. The minimum absolute atomic E-state index is 0.547. The summed E-state index contributed by atoms with van der Waals surface area (Å²) >= 11 is 1.85. The van der Waals surface area contributed by atoms with Crippen molar-refractivity contribution in [3.63, 3.8) is 0 Å². The van der Waals surface area contributed by atoms with Crippen LogP contribution < -0.4 is 4.90 Å². The number of rotatable bonds is 7. The van der Waals surface area contributed by atoms with Gasteiger partial charge in [-0.2, -0.15) is 5.10 Å². The van der Waals surface area contributed by atoms with Crippen LogP contribution in [0.3, 0.4) is 0 Å². The summed E-state index contributed by atoms with van der Waals surface area (Å²) in [5, 5.41) is 10.0. The van der Waals surface area contributed by atoms with Gasteiger partial charge >= 0.3 is 0 Å². The van der Waals surface area contributed by atoms with Crippen LogP contribution in [0.1, 0.15) is 39.5 Å². The van der Waals surface area contributed by atoms with Crippen molar-refractivity contribution in [2.24, 2.45) is 22.0 Å². The second-order valence-corrected chi connectivity index (χ2v) is 10.1. The third-order valence-corrected chi connectivity index (χ3v) is 7.79. The van der Waals surface area contributed by atoms with Gasteiger partial charge in [0.05, 0.1) is 5.04 Å². The van der Waals surface area contributed by atoms with E-state index in [1.54, 1.807) is 0 Å². The molecule has 1 aromatic carbocycles. The second kappa shape index (κ2) is 10.8. The van der Waals surface area contributed by atoms with E-state index in [0.29, 0.717) is 12.0 Å². The van der Waals surface area contributed by atoms with Crippen LogP contribution in [-0.2, 0) is 4.74 Å². The molecule has 0 saturated carbocycles. The third-order valence-electron chi connectivity index (χ3n) is 6.80. The smallest absolute Gasteiger partial charge is 0.0927 e. The van der Waals surface area contributed by atoms with Crippen molar-refractivity contribution in [2.45, 2.75) is 45.6 Å². The zero-order chi connectivity index (χ0) is 20.8. The van der Waals surface area contributed by atoms with Crippen LogP contribution in [0.15, 0.2) is 40.5 Å². The molecule has 0 aromatic heterocycles. The van der Waals surface area contributed by atoms with Gasteiger partial charge in [0, 0.05) is 62.0 Å². The van der Waals surface area contributed by atoms with Gasteiger partial charge in [-0.25, -0.2) is 0 Å². The molecule has 0 radical (unpaired) electrons. The lowest BCUT2D eigenvalue weighted by Crippen LogP contribution is -2.35. The quantitative estimate of drug-likeness (QED) is 0.277. The van der Waals surface area contributed by atoms with E-state index in [1.165, 1.54) is 44.7 Å². The Balaban J connectivity index is 1.17. The number of hydrogen-bond donors (Lipinski definition) is 0. The second-order valence-electron chi connectivity index (χ2n) is 8.85. The Bertz CT molecular complexity index is 732. The zero-order valence-corrected chi connectivity index (χ0v) is 19.3. The van der Waals surface area contributed by atoms with Crippen LogP contribution in [0, 0.1) is 11.8 Å². The molecule has 0 N–H and O–H groups in total. The van der Waals surface area contributed by atoms with E-state index in [4.69, 9.17) is 4.74 Å². The molecule has 164 valence electrons. The van der Waals surface area contributed by atoms with Gasteiger partial charge in [-0.3, -0.25) is 0 Å². The maximum atomic E-state index is 5.43. The number of anilines is 1. The van der Waals surface area contributed by atoms with Crippen molar-refractivity contribution in [3.05, 3.63) is 30.3 Å². The summed E-state index contributed by atoms with van der Waals surface area (Å²) in [6.07, 6.45) is 4.71. The molecule has 3 aliphatic rings. The normalized spacial score (nSPS) is 26.4. The monoisotopic (exact) mass is 428 g/mol. The third kappa shape index (κ3) is 5.65. The van der Waals surface area contributed by atoms with Crippen molar-refractivity contribution in [1.29, 1.82) is 0 Å². The zero-order valence-electron chi connectivity index (χ0n) is 18.5. The van der Waals surface area contributed by atoms with Crippen LogP contribution in [-0.4, -0.2) is 66.8 Å². The molecule has 0 aliphatic carbocycles. The molecule has 0 unspecified atom stereocenters. The predicted molar refractivity (Wildman–Crippen MR) is 129 cm³/mol. The fourth-order valence-electron chi connectivity index (χ4n) is 5.05. The average Bonchev–Trinajstić information content (AvgIpc) is 3.36. The number of thioether (sulfide) groups is 1. The largest absolute Gasteiger partial charge is 0.381 e. The van der Waals surface area contributed by atoms with Crippen LogP contribution in [0.4, 0.5) is 5.69 Å². The molecule has 5 nitrogen and oxygen atoms in total. The maximum absolute atomic E-state index is 5.43. The van der Waals surface area contributed by atoms with Crippen LogP contribution in [0.5, 0.6) is 0 Å². The molecule has 30 heavy (non-hydrogen) atoms. The molecule has 2 atom stereocenters. The number of fused-ring (bicyclic) bond motifs is 1. The number of para-hydroxylation sites is 1. The maximum Gasteiger partial charge on any atom is 0.0927 e. The van der Waals surface area contributed by atoms with Crippen molar-refractivity contribution < 1.29 is 4.74 Å². The molecule has 3 aliphatic heterocycles. The van der Waals surface area contributed by atoms with Gasteiger partial charge in [-0.1, -0.05) is 18.2 Å². The van der Waals surface area contributed by atoms with Gasteiger partial charge in [-0.15, -0.1) is 16.9 Å². The van der Waals surface area contributed by atoms with Crippen molar-refractivity contribution in [3.8, 4) is 0 Å². The molecule has 3 saturated heterocycles. The highest BCUT2D eigenvalue weighted by Crippen LogP contribution is 2.35. The highest BCUT2D eigenvalue weighted by molar-refractivity contribution is 8.13. The Labute approximate surface area is 185 Å². The highest BCUT2D eigenvalue weighted by Gasteiger charge is 2.40. The molecule has 1 aromatic rings. The summed E-state index contributed by atoms with van der Waals surface area (Å²) in [5.41, 5.74) is 2.55. The number of hydrogen-bond acceptors (Lipinski definition) is 6. The van der Waals surface area contributed by atoms with Crippen LogP contribution in [0.25, 0.3) is 0 Å². The molecule has 3 fully saturated rings. The molecule has 0 amide bonds. The van der Waals surface area contributed by atoms with Gasteiger partial charge < -0.3 is 14.5 Å². The Kier molecular flexibility index (Phi) is 7.85. The number of ether oxygens (including phenoxy) is 1. The van der Waals surface area contributed by atoms with Crippen LogP contribution >= 0.6 is 11.8 Å². The molecule has 4 rings (SSSR count). The van der Waals surface area contributed by atoms with Crippen molar-refractivity contribution >= 4 is 28.2 Å². The minimum atomic E-state index is 0.547. The molecule has 3 heterocycles. The van der Waals surface area contributed by atoms with Gasteiger partial charge in [0.2, 0.25) is 0 Å². The first-order valence-electron chi connectivity index (χ1n) is 11.5. The molecule has 0 bridgehead atoms. The van der Waals surface area contributed by atoms with E-state index in [0.717, 1.165) is 48.5 Å². The van der Waals surface area contributed by atoms with Gasteiger partial charge in [-0.05, 0) is 64.1 Å². The first-order chi connectivity index (χ1) is 14.7. The van der Waals surface area contributed by atoms with E-state index < -0.39 is 0 Å². The number of benzene rings is 1. The lowest BCUT2D eigenvalue weighted by Gasteiger charge is -2.27. The summed E-state index contributed by atoms with van der Waals surface area (Å²) in [6, 6.07) is 11.6. The topological polar surface area (TPSA) is 40.4 Å². The van der Waals surface area contributed by atoms with Gasteiger partial charge in [0.1, 0.15) is 0 Å². The minimum Gasteiger partial charge on any atom is -0.381 e. The Hall–Kier alpha value is -1.37. The molecular weight excluding hydrogens is 392 g/mol. The Morgan fingerprint density at radius 2 is 1.87 bits per heavy atom. The van der Waals surface area contributed by atoms with Crippen molar-refractivity contribution in [1.82, 2.24) is 4.90 Å². The van der Waals surface area contributed by atoms with E-state index in [-0.39, 0.29) is 0 Å². The average molecular weight is 429 g/mol. The number of nitrogens with zero attached hydrogens (tertiary/aromatic N) is 4. The van der Waals surface area contributed by atoms with Gasteiger partial charge in [0.15, 0.2) is 0 Å². The van der Waals surface area contributed by atoms with E-state index in [9.17, 15) is 0 Å². The van der Waals surface area contributed by atoms with E-state index in [2.05, 4.69) is 64.2 Å². The fraction of sp³-hybridized carbons (Fsp3) is 0.667. The summed E-state index contributed by atoms with van der Waals surface area (Å²) in [6.45, 7) is 10.8. The van der Waals surface area contributed by atoms with E-state index >= 15 is 0 Å². The molecule has 0 spiro atoms. The summed E-state index contributed by atoms with van der Waals surface area (Å²) in [5.74, 6) is 2.50. The highest BCUT2D eigenvalue weighted by atomic mass is 32.2. The summed E-state index contributed by atoms with van der Waals surface area (Å²) in [4.78, 5) is 5.31. The van der Waals surface area contributed by atoms with E-state index in [1.807, 2.05) is 11.8 Å². The molecule has 6 heteroatoms. The first kappa shape index (κ1) is 21.8. The van der Waals surface area contributed by atoms with Crippen molar-refractivity contribution in [2.75, 3.05) is 50.0 Å². The molecular formula is C24H36N4OS. The lowest BCUT2D eigenvalue weighted by molar-refractivity contribution is 0.0826. The SMILES string of the molecule is C/C(=N\N=C(/C)C1CCOCC1)SCCCN1C[C@@H]2CCN(c3ccccc3)[C@@H]2C1. The van der Waals surface area contributed by atoms with Gasteiger partial charge in [0.25, 0.3) is 0 Å². The predicted octanol–water partition coefficient (Wildman–Crippen LogP) is 4.54. The Morgan fingerprint density at radius 1 is 1.07 bits per heavy atom. The lowest BCUT2D eigenvalue weighted by atomic mass is 9.96. The Morgan fingerprint density at radius 3 is 2.67 bits per heavy atom. The first-order valence-corrected chi connectivity index (χ1v) is 12.5. The standard InChI is InChI=1S/C24H36N4OS/c1-19(21-10-14-29-15-11-21)25-26-20(2)30-16-6-12-27-17-22-9-13-28(24(22)18-27)23-7-4-3-5-8-23/h3-5,7-8,21-22,24H,6,9-18H2,1-2H3/b25-19+,26-20+/t22-,24+/m0/s1. The summed E-state index contributed by atoms with van der Waals surface area (Å²) in [7, 11) is 0. The fourth-order valence-corrected chi connectivity index (χ4v) is 5.72.